The van der Waals surface area contributed by atoms with E-state index in [1.165, 1.54) is 23.2 Å². The number of nitrogens with one attached hydrogen (secondary N) is 6. The predicted octanol–water partition coefficient (Wildman–Crippen LogP) is 1.74. The van der Waals surface area contributed by atoms with Crippen LogP contribution in [0.1, 0.15) is 74.0 Å². The number of hydrogen-bond acceptors (Lipinski definition) is 14. The summed E-state index contributed by atoms with van der Waals surface area (Å²) in [7, 11) is 1.61. The van der Waals surface area contributed by atoms with Crippen LogP contribution in [0, 0.1) is 18.7 Å². The summed E-state index contributed by atoms with van der Waals surface area (Å²) in [6.45, 7) is 19.7. The number of primary amides is 1. The second kappa shape index (κ2) is 31.2. The van der Waals surface area contributed by atoms with Crippen LogP contribution in [-0.2, 0) is 60.8 Å². The normalized spacial score (nSPS) is 15.3. The van der Waals surface area contributed by atoms with Crippen molar-refractivity contribution in [1.82, 2.24) is 46.7 Å². The third kappa shape index (κ3) is 16.4. The van der Waals surface area contributed by atoms with E-state index < -0.39 is 24.0 Å². The van der Waals surface area contributed by atoms with Gasteiger partial charge in [-0.1, -0.05) is 26.2 Å². The molecule has 0 fully saturated rings. The molecule has 74 heavy (non-hydrogen) atoms. The first kappa shape index (κ1) is 61.7. The van der Waals surface area contributed by atoms with E-state index in [0.29, 0.717) is 67.8 Å². The smallest absolute Gasteiger partial charge is 0.480 e. The third-order valence-corrected chi connectivity index (χ3v) is 13.9. The Bertz CT molecular complexity index is 2530. The molecule has 23 heteroatoms. The number of likely N-dealkylation sites (N-methyl/N-ethyl adjacent to an activating group) is 1. The Morgan fingerprint density at radius 2 is 1.84 bits per heavy atom. The quantitative estimate of drug-likeness (QED) is 0.0208. The second-order valence-electron chi connectivity index (χ2n) is 16.9. The Balaban J connectivity index is 0.000000527. The summed E-state index contributed by atoms with van der Waals surface area (Å²) in [4.78, 5) is 99.6. The molecule has 3 heterocycles. The number of pyridine rings is 1. The fraction of sp³-hybridized carbons (Fsp3) is 0.431. The van der Waals surface area contributed by atoms with Crippen molar-refractivity contribution in [2.45, 2.75) is 82.0 Å². The van der Waals surface area contributed by atoms with Crippen LogP contribution in [0.5, 0.6) is 0 Å². The van der Waals surface area contributed by atoms with Crippen LogP contribution >= 0.6 is 0 Å². The van der Waals surface area contributed by atoms with Gasteiger partial charge in [0.15, 0.2) is 0 Å². The number of hydrogen-bond donors (Lipinski definition) is 8. The topological polar surface area (TPSA) is 293 Å². The van der Waals surface area contributed by atoms with Crippen LogP contribution in [0.2, 0.25) is 3.98 Å². The molecule has 5 rings (SSSR count). The molecular formula is C51H68FN10O11Pb. The van der Waals surface area contributed by atoms with Gasteiger partial charge in [-0.25, -0.2) is 9.37 Å². The van der Waals surface area contributed by atoms with Crippen LogP contribution < -0.4 is 37.6 Å². The van der Waals surface area contributed by atoms with Gasteiger partial charge in [0.2, 0.25) is 12.3 Å². The van der Waals surface area contributed by atoms with E-state index in [0.717, 1.165) is 80.7 Å². The molecule has 4 atom stereocenters. The second-order valence-corrected chi connectivity index (χ2v) is 18.5. The number of carbonyl (C=O) groups excluding carboxylic acids is 7. The number of fused-ring (bicyclic) bond motifs is 4. The van der Waals surface area contributed by atoms with Crippen molar-refractivity contribution in [1.29, 1.82) is 0 Å². The molecule has 9 N–H and O–H groups in total. The minimum absolute atomic E-state index is 0.0213. The number of benzene rings is 1. The van der Waals surface area contributed by atoms with Gasteiger partial charge in [0.1, 0.15) is 18.1 Å². The van der Waals surface area contributed by atoms with E-state index in [-0.39, 0.29) is 81.3 Å². The Morgan fingerprint density at radius 3 is 2.43 bits per heavy atom. The Kier molecular flexibility index (Phi) is 26.0. The van der Waals surface area contributed by atoms with Crippen LogP contribution in [-0.4, -0.2) is 160 Å². The number of nitrogens with zero attached hydrogens (tertiary/aromatic N) is 3. The number of carboxylic acid groups (broad SMARTS) is 1. The average Bonchev–Trinajstić information content (AvgIpc) is 3.73. The van der Waals surface area contributed by atoms with Gasteiger partial charge < -0.3 is 40.8 Å². The molecule has 2 aliphatic heterocycles. The van der Waals surface area contributed by atoms with E-state index in [2.05, 4.69) is 62.3 Å². The minimum Gasteiger partial charge on any atom is -0.480 e. The van der Waals surface area contributed by atoms with E-state index in [4.69, 9.17) is 24.4 Å². The Hall–Kier alpha value is -6.64. The van der Waals surface area contributed by atoms with Gasteiger partial charge in [0.05, 0.1) is 36.6 Å². The van der Waals surface area contributed by atoms with Gasteiger partial charge >= 0.3 is 157 Å². The number of ether oxygens (including phenoxy) is 2. The molecule has 2 aromatic rings. The summed E-state index contributed by atoms with van der Waals surface area (Å²) < 4.78 is 27.1. The number of nitrogens with two attached hydrogens (primary N) is 1. The number of aryl methyl sites for hydroxylation is 1. The van der Waals surface area contributed by atoms with E-state index >= 15 is 4.39 Å². The number of amides is 6. The van der Waals surface area contributed by atoms with Crippen molar-refractivity contribution in [3.8, 4) is 0 Å². The van der Waals surface area contributed by atoms with E-state index in [9.17, 15) is 33.6 Å². The van der Waals surface area contributed by atoms with E-state index in [1.807, 2.05) is 13.0 Å². The molecule has 3 aliphatic rings. The molecule has 3 radical (unpaired) electrons. The zero-order chi connectivity index (χ0) is 55.1. The zero-order valence-corrected chi connectivity index (χ0v) is 46.5. The molecule has 0 bridgehead atoms. The number of rotatable bonds is 27. The molecule has 21 nitrogen and oxygen atoms in total. The molecule has 4 unspecified atom stereocenters. The summed E-state index contributed by atoms with van der Waals surface area (Å²) >= 11 is 0.865. The number of aldehydes is 1. The summed E-state index contributed by atoms with van der Waals surface area (Å²) in [5.41, 5.74) is 12.4. The number of halogens is 1. The van der Waals surface area contributed by atoms with Crippen molar-refractivity contribution < 1.29 is 57.3 Å². The van der Waals surface area contributed by atoms with Crippen LogP contribution in [0.3, 0.4) is 0 Å². The zero-order valence-electron chi connectivity index (χ0n) is 42.6. The molecular weight excluding hydrogens is 1150 g/mol. The summed E-state index contributed by atoms with van der Waals surface area (Å²) in [5, 5.41) is 26.2. The van der Waals surface area contributed by atoms with Crippen LogP contribution in [0.15, 0.2) is 72.8 Å². The summed E-state index contributed by atoms with van der Waals surface area (Å²) in [6.07, 6.45) is 9.79. The van der Waals surface area contributed by atoms with Gasteiger partial charge in [-0.05, 0) is 62.5 Å². The number of methoxy groups -OCH3 is 1. The molecule has 0 saturated carbocycles. The number of allylic oxidation sites excluding steroid dienone is 3. The molecule has 1 aromatic heterocycles. The SMILES string of the molecule is C=C(CNC=O)NC([CH2][Pb])CC(=O)NCOCC(=O)NC1CCc2c(C)c(F)cc3nc4c(c1c23)CN1C(=C)C(COC)=C(C(C=O)CC)C=C41.C=CN(C(=O)/C=C\C)C(CNCC(=O)O)C(=O)NCC.NC=O. The fourth-order valence-corrected chi connectivity index (χ4v) is 9.61. The molecule has 1 aromatic carbocycles. The summed E-state index contributed by atoms with van der Waals surface area (Å²) in [5.74, 6) is -3.07. The van der Waals surface area contributed by atoms with Gasteiger partial charge in [0.25, 0.3) is 5.91 Å². The maximum atomic E-state index is 15.2. The van der Waals surface area contributed by atoms with Crippen LogP contribution in [0.4, 0.5) is 4.39 Å². The molecule has 6 amide bonds. The van der Waals surface area contributed by atoms with Crippen molar-refractivity contribution >= 4 is 91.1 Å². The number of aliphatic carboxylic acids is 1. The fourth-order valence-electron chi connectivity index (χ4n) is 8.65. The summed E-state index contributed by atoms with van der Waals surface area (Å²) in [6, 6.07) is 0.0943. The minimum atomic E-state index is -1.04. The van der Waals surface area contributed by atoms with Crippen molar-refractivity contribution in [2.75, 3.05) is 53.2 Å². The number of carboxylic acids is 1. The first-order chi connectivity index (χ1) is 35.4. The first-order valence-electron chi connectivity index (χ1n) is 23.8. The van der Waals surface area contributed by atoms with E-state index in [1.54, 1.807) is 34.0 Å². The predicted molar refractivity (Wildman–Crippen MR) is 276 cm³/mol. The molecule has 0 saturated heterocycles. The van der Waals surface area contributed by atoms with Crippen molar-refractivity contribution in [3.05, 3.63) is 107 Å². The van der Waals surface area contributed by atoms with Crippen LogP contribution in [0.25, 0.3) is 16.6 Å². The Morgan fingerprint density at radius 1 is 1.12 bits per heavy atom. The van der Waals surface area contributed by atoms with Gasteiger partial charge in [0, 0.05) is 60.6 Å². The third-order valence-electron chi connectivity index (χ3n) is 12.0. The molecule has 399 valence electrons. The molecule has 1 aliphatic carbocycles. The van der Waals surface area contributed by atoms with Crippen molar-refractivity contribution in [2.24, 2.45) is 11.7 Å². The van der Waals surface area contributed by atoms with Gasteiger partial charge in [-0.15, -0.1) is 0 Å². The monoisotopic (exact) mass is 1220 g/mol. The molecule has 0 spiro atoms. The average molecular weight is 1220 g/mol. The maximum absolute atomic E-state index is 15.2. The van der Waals surface area contributed by atoms with Gasteiger partial charge in [-0.2, -0.15) is 0 Å². The number of aromatic nitrogens is 1. The van der Waals surface area contributed by atoms with Gasteiger partial charge in [-0.3, -0.25) is 19.2 Å². The first-order valence-corrected chi connectivity index (χ1v) is 26.5. The number of carbonyl (C=O) groups is 8. The van der Waals surface area contributed by atoms with Crippen molar-refractivity contribution in [3.63, 3.8) is 0 Å². The standard InChI is InChI=1S/C37H44FN6O6.C13H21N3O4.CH3NO.Pb/c1-7-24(15-45)26-11-32-37-27(14-44(32)23(5)28(26)16-49-6)36-30(9-8-25-22(4)29(38)12-31(43-37)35(25)36)42-34(48)17-50-19-40-33(47)10-20(2)41-21(3)13-39-18-46;1-4-7-11(17)16(6-3)10(13(20)15-5-2)8-14-9-12(18)19;2-1-3;/h11-12,15,18,20,24,30,41H,2-3,5,7-10,13-14,16-17,19H2,1,4,6H3,(H,39,46)(H,40,47)(H,42,48);4,6-7,10,14H,3,5,8-9H2,1-2H3,(H,15,20)(H,18,19);1H,(H2,2,3);/b;7-4-;;. The Labute approximate surface area is 446 Å².